The van der Waals surface area contributed by atoms with Crippen LogP contribution in [0.4, 0.5) is 29.9 Å². The van der Waals surface area contributed by atoms with Crippen molar-refractivity contribution in [1.82, 2.24) is 40.3 Å². The summed E-state index contributed by atoms with van der Waals surface area (Å²) < 4.78 is 62.3. The number of carbonyl (C=O) groups excluding carboxylic acids is 6. The number of imide groups is 2. The maximum Gasteiger partial charge on any atom is 0.410 e. The van der Waals surface area contributed by atoms with Gasteiger partial charge in [-0.1, -0.05) is 30.9 Å². The van der Waals surface area contributed by atoms with Crippen LogP contribution in [0.5, 0.6) is 11.8 Å². The average molecular weight is 1160 g/mol. The van der Waals surface area contributed by atoms with Gasteiger partial charge in [-0.15, -0.1) is 6.42 Å². The lowest BCUT2D eigenvalue weighted by Crippen LogP contribution is -2.57. The first-order valence-corrected chi connectivity index (χ1v) is 28.8. The second-order valence-electron chi connectivity index (χ2n) is 23.4. The van der Waals surface area contributed by atoms with Crippen LogP contribution in [0.2, 0.25) is 0 Å². The Bertz CT molecular complexity index is 3490. The van der Waals surface area contributed by atoms with Gasteiger partial charge in [-0.3, -0.25) is 44.2 Å². The summed E-state index contributed by atoms with van der Waals surface area (Å²) in [6, 6.07) is 9.40. The van der Waals surface area contributed by atoms with E-state index in [1.54, 1.807) is 30.3 Å². The van der Waals surface area contributed by atoms with Gasteiger partial charge in [-0.05, 0) is 121 Å². The van der Waals surface area contributed by atoms with E-state index in [0.29, 0.717) is 60.6 Å². The summed E-state index contributed by atoms with van der Waals surface area (Å²) in [7, 11) is 1.47. The van der Waals surface area contributed by atoms with Gasteiger partial charge in [0.15, 0.2) is 12.6 Å². The SMILES string of the molecule is C#Cc1c(F)ccc2cc(OCOC)cc(-c3ncc4c(N5CC6CCC(C5)N6C(=O)OC(C)(C)C)nc(OC[C@@]56CCCN5[C@H](COC(=O)NCCCCCCNc5cccc7c5C(=O)N(C5CCC(=O)NC5=O)C7=O)CC6)nc4c3F)c12. The van der Waals surface area contributed by atoms with Gasteiger partial charge in [0.1, 0.15) is 53.5 Å². The Hall–Kier alpha value is -8.23. The van der Waals surface area contributed by atoms with E-state index < -0.39 is 58.5 Å². The van der Waals surface area contributed by atoms with Crippen molar-refractivity contribution in [3.63, 3.8) is 0 Å². The lowest BCUT2D eigenvalue weighted by atomic mass is 9.95. The Morgan fingerprint density at radius 3 is 2.45 bits per heavy atom. The van der Waals surface area contributed by atoms with E-state index in [0.717, 1.165) is 69.2 Å². The lowest BCUT2D eigenvalue weighted by Gasteiger charge is -2.42. The number of nitrogens with one attached hydrogen (secondary N) is 3. The number of aromatic nitrogens is 3. The topological polar surface area (TPSA) is 236 Å². The average Bonchev–Trinajstić information content (AvgIpc) is 3.68. The molecule has 23 heteroatoms. The molecule has 0 aliphatic carbocycles. The Morgan fingerprint density at radius 1 is 0.917 bits per heavy atom. The Labute approximate surface area is 484 Å². The van der Waals surface area contributed by atoms with Crippen LogP contribution in [0.3, 0.4) is 0 Å². The molecular formula is C61H68F2N10O11. The van der Waals surface area contributed by atoms with Crippen molar-refractivity contribution in [3.05, 3.63) is 77.0 Å². The summed E-state index contributed by atoms with van der Waals surface area (Å²) in [6.45, 7) is 8.22. The van der Waals surface area contributed by atoms with Crippen molar-refractivity contribution in [2.45, 2.75) is 133 Å². The number of carbonyl (C=O) groups is 6. The number of amides is 6. The van der Waals surface area contributed by atoms with Crippen LogP contribution in [0.25, 0.3) is 32.9 Å². The van der Waals surface area contributed by atoms with Crippen LogP contribution in [0.15, 0.2) is 48.7 Å². The Kier molecular flexibility index (Phi) is 16.3. The van der Waals surface area contributed by atoms with Crippen molar-refractivity contribution >= 4 is 69.0 Å². The van der Waals surface area contributed by atoms with Gasteiger partial charge in [0.05, 0.1) is 39.7 Å². The fourth-order valence-corrected chi connectivity index (χ4v) is 13.0. The predicted molar refractivity (Wildman–Crippen MR) is 304 cm³/mol. The fourth-order valence-electron chi connectivity index (χ4n) is 13.0. The van der Waals surface area contributed by atoms with Gasteiger partial charge < -0.3 is 39.2 Å². The molecule has 6 aliphatic rings. The van der Waals surface area contributed by atoms with Crippen molar-refractivity contribution < 1.29 is 61.2 Å². The number of alkyl carbamates (subject to hydrolysis) is 1. The third-order valence-corrected chi connectivity index (χ3v) is 16.9. The zero-order valence-electron chi connectivity index (χ0n) is 47.5. The number of rotatable bonds is 19. The number of anilines is 2. The quantitative estimate of drug-likeness (QED) is 0.0309. The summed E-state index contributed by atoms with van der Waals surface area (Å²) in [5, 5.41) is 9.44. The molecule has 442 valence electrons. The number of nitrogens with zero attached hydrogens (tertiary/aromatic N) is 7. The van der Waals surface area contributed by atoms with Crippen molar-refractivity contribution in [3.8, 4) is 35.4 Å². The van der Waals surface area contributed by atoms with Crippen LogP contribution in [0, 0.1) is 24.0 Å². The molecule has 3 unspecified atom stereocenters. The van der Waals surface area contributed by atoms with E-state index >= 15 is 8.78 Å². The molecule has 3 aromatic carbocycles. The van der Waals surface area contributed by atoms with Gasteiger partial charge >= 0.3 is 18.2 Å². The smallest absolute Gasteiger partial charge is 0.410 e. The molecule has 3 N–H and O–H groups in total. The molecule has 21 nitrogen and oxygen atoms in total. The number of unbranched alkanes of at least 4 members (excludes halogenated alkanes) is 3. The van der Waals surface area contributed by atoms with Crippen LogP contribution < -0.4 is 30.3 Å². The maximum atomic E-state index is 17.7. The first kappa shape index (κ1) is 57.6. The lowest BCUT2D eigenvalue weighted by molar-refractivity contribution is -0.136. The van der Waals surface area contributed by atoms with Gasteiger partial charge in [0.2, 0.25) is 11.8 Å². The van der Waals surface area contributed by atoms with E-state index in [-0.39, 0.29) is 102 Å². The number of ether oxygens (including phenoxy) is 5. The van der Waals surface area contributed by atoms with E-state index in [9.17, 15) is 28.8 Å². The van der Waals surface area contributed by atoms with E-state index in [4.69, 9.17) is 40.1 Å². The van der Waals surface area contributed by atoms with Crippen molar-refractivity contribution in [2.24, 2.45) is 0 Å². The number of piperazine rings is 1. The molecule has 0 radical (unpaired) electrons. The molecule has 0 saturated carbocycles. The summed E-state index contributed by atoms with van der Waals surface area (Å²) >= 11 is 0. The Balaban J connectivity index is 0.730. The minimum absolute atomic E-state index is 0.0421. The molecule has 11 rings (SSSR count). The Morgan fingerprint density at radius 2 is 1.70 bits per heavy atom. The molecule has 6 aliphatic heterocycles. The number of benzene rings is 3. The summed E-state index contributed by atoms with van der Waals surface area (Å²) in [4.78, 5) is 98.9. The van der Waals surface area contributed by atoms with Gasteiger partial charge in [-0.2, -0.15) is 9.97 Å². The molecule has 2 aromatic heterocycles. The molecule has 8 heterocycles. The normalized spacial score (nSPS) is 22.1. The molecule has 5 saturated heterocycles. The second-order valence-corrected chi connectivity index (χ2v) is 23.4. The molecule has 5 aromatic rings. The number of hydrogen-bond acceptors (Lipinski definition) is 17. The van der Waals surface area contributed by atoms with Crippen molar-refractivity contribution in [2.75, 3.05) is 70.1 Å². The van der Waals surface area contributed by atoms with Crippen LogP contribution in [-0.2, 0) is 23.8 Å². The highest BCUT2D eigenvalue weighted by Crippen LogP contribution is 2.45. The van der Waals surface area contributed by atoms with E-state index in [1.807, 2.05) is 30.6 Å². The molecule has 2 bridgehead atoms. The van der Waals surface area contributed by atoms with Crippen LogP contribution in [0.1, 0.15) is 124 Å². The van der Waals surface area contributed by atoms with Crippen LogP contribution >= 0.6 is 0 Å². The molecule has 0 spiro atoms. The molecule has 5 fully saturated rings. The van der Waals surface area contributed by atoms with Crippen molar-refractivity contribution in [1.29, 1.82) is 0 Å². The highest BCUT2D eigenvalue weighted by atomic mass is 19.1. The van der Waals surface area contributed by atoms with Crippen LogP contribution in [-0.4, -0.2) is 161 Å². The first-order chi connectivity index (χ1) is 40.4. The summed E-state index contributed by atoms with van der Waals surface area (Å²) in [5.41, 5.74) is -0.288. The zero-order chi connectivity index (χ0) is 59.0. The molecule has 5 atom stereocenters. The van der Waals surface area contributed by atoms with E-state index in [2.05, 4.69) is 31.8 Å². The minimum Gasteiger partial charge on any atom is -0.468 e. The largest absolute Gasteiger partial charge is 0.468 e. The molecule has 84 heavy (non-hydrogen) atoms. The highest BCUT2D eigenvalue weighted by molar-refractivity contribution is 6.25. The first-order valence-electron chi connectivity index (χ1n) is 28.8. The van der Waals surface area contributed by atoms with Gasteiger partial charge in [0, 0.05) is 68.6 Å². The fraction of sp³-hybridized carbons (Fsp3) is 0.492. The number of terminal acetylenes is 1. The predicted octanol–water partition coefficient (Wildman–Crippen LogP) is 7.85. The molecule has 6 amide bonds. The summed E-state index contributed by atoms with van der Waals surface area (Å²) in [6.07, 6.45) is 14.4. The third-order valence-electron chi connectivity index (χ3n) is 16.9. The number of pyridine rings is 1. The number of piperidine rings is 1. The number of halogens is 2. The maximum absolute atomic E-state index is 17.7. The second kappa shape index (κ2) is 23.8. The zero-order valence-corrected chi connectivity index (χ0v) is 47.5. The molecular weight excluding hydrogens is 1090 g/mol. The third kappa shape index (κ3) is 11.3. The highest BCUT2D eigenvalue weighted by Gasteiger charge is 2.51. The van der Waals surface area contributed by atoms with E-state index in [1.165, 1.54) is 25.4 Å². The summed E-state index contributed by atoms with van der Waals surface area (Å²) in [5.74, 6) is -0.538. The van der Waals surface area contributed by atoms with Gasteiger partial charge in [-0.25, -0.2) is 18.4 Å². The standard InChI is InChI=1S/C61H68F2N10O11/c1-6-40-44(62)18-15-35-27-39(83-34-80-5)28-42(48(35)40)51-50(63)52-43(29-66-51)53(70-30-36-16-17-37(31-70)72(36)59(79)84-60(2,3)4)69-57(68-52)82-33-61-22-12-26-71(61)38(21-23-61)32-81-58(78)65-25-10-8-7-9-24-64-45-14-11-13-41-49(45)56(77)73(55(41)76)46-19-20-47(74)67-54(46)75/h1,11,13-15,18,27-29,36-38,46,64H,7-10,12,16-17,19-26,30-34H2,2-5H3,(H,65,78)(H,67,74,75)/t36?,37?,38-,46?,61-/m0/s1. The van der Waals surface area contributed by atoms with Gasteiger partial charge in [0.25, 0.3) is 11.8 Å². The monoisotopic (exact) mass is 1150 g/mol. The number of hydrogen-bond donors (Lipinski definition) is 3. The number of methoxy groups -OCH3 is 1. The number of fused-ring (bicyclic) bond motifs is 6. The minimum atomic E-state index is -1.04.